The van der Waals surface area contributed by atoms with Gasteiger partial charge in [0.2, 0.25) is 5.91 Å². The third kappa shape index (κ3) is 23.9. The van der Waals surface area contributed by atoms with Crippen molar-refractivity contribution in [3.8, 4) is 0 Å². The molecule has 0 aromatic carbocycles. The number of carbonyl (C=O) groups is 3. The molecule has 63 heteroatoms. The molecule has 11 aliphatic heterocycles. The third-order valence-electron chi connectivity index (χ3n) is 25.6. The largest absolute Gasteiger partial charge is 0.477 e. The molecule has 40 N–H and O–H groups in total. The highest BCUT2D eigenvalue weighted by atomic mass is 16.8. The molecule has 11 aliphatic rings. The van der Waals surface area contributed by atoms with Crippen LogP contribution in [0.3, 0.4) is 0 Å². The fraction of sp³-hybridized carbons (Fsp3) is 0.960. The van der Waals surface area contributed by atoms with Gasteiger partial charge in [0.25, 0.3) is 11.6 Å². The first-order chi connectivity index (χ1) is 64.8. The van der Waals surface area contributed by atoms with Gasteiger partial charge < -0.3 is 299 Å². The number of carbonyl (C=O) groups excluding carboxylic acids is 1. The van der Waals surface area contributed by atoms with Crippen LogP contribution >= 0.6 is 0 Å². The maximum absolute atomic E-state index is 13.9. The molecule has 11 saturated heterocycles. The van der Waals surface area contributed by atoms with E-state index < -0.39 is 445 Å². The topological polar surface area (TPSA) is 1030 Å². The number of aliphatic carboxylic acids is 2. The van der Waals surface area contributed by atoms with Crippen LogP contribution < -0.4 is 11.1 Å². The first-order valence-electron chi connectivity index (χ1n) is 43.5. The van der Waals surface area contributed by atoms with Crippen molar-refractivity contribution in [3.63, 3.8) is 0 Å². The Morgan fingerprint density at radius 1 is 0.355 bits per heavy atom. The summed E-state index contributed by atoms with van der Waals surface area (Å²) in [6.45, 7) is -7.84. The minimum atomic E-state index is -4.12. The molecule has 802 valence electrons. The highest BCUT2D eigenvalue weighted by Gasteiger charge is 2.68. The van der Waals surface area contributed by atoms with Gasteiger partial charge in [-0.3, -0.25) is 4.79 Å². The average molecular weight is 2030 g/mol. The predicted molar refractivity (Wildman–Crippen MR) is 415 cm³/mol. The second kappa shape index (κ2) is 48.0. The molecule has 0 aromatic heterocycles. The van der Waals surface area contributed by atoms with Crippen LogP contribution in [0.5, 0.6) is 0 Å². The number of nitrogens with two attached hydrogens (primary N) is 1. The molecule has 138 heavy (non-hydrogen) atoms. The molecule has 0 spiro atoms. The Morgan fingerprint density at radius 3 is 1.30 bits per heavy atom. The number of aliphatic hydroxyl groups is 35. The number of amides is 1. The van der Waals surface area contributed by atoms with Gasteiger partial charge in [0.05, 0.1) is 83.8 Å². The van der Waals surface area contributed by atoms with Gasteiger partial charge in [-0.15, -0.1) is 0 Å². The summed E-state index contributed by atoms with van der Waals surface area (Å²) in [5.41, 5.74) is 5.72. The standard InChI is InChI=1S/C75H126N2O61/c1-14-28(90)33(95)44(106)66(123-14)131-57-27(77-16(3)83)63(122-15(2)29(57)91)119-11-21(87)51-39(101)36(98)46(108)68(127-51)134-60-37(99)32(94)26(9-82)125-71(60)132-58-47(109)52(22(88)12-121-65-43(105)35(97)38(100)50(126-65)18(84)5-78)128-69(48(58)110)133-59-49(111)70(129-54(19(85)6-79)61(59)135-67-45(107)34(96)31(93)25(8-81)124-67)130-56-24(4-74(117,72(113)114)137-55(56)20(86)7-80)136-75(73(115)116)62(112)41(103)40(102)53(138-75)23(89)13-120-64-42(104)30(92)17(76)10-118-64/h14-15,17-71,78-82,84-112,117H,4-13,76H2,1-3H3,(H,77,83)(H,113,114)(H,115,116)/t14-,15+,17-,18-,19-,20+,21-,22-,23+,24+,25+,26+,27+,28-,29+,30-,31+,32+,33+,34-,35-,36-,37-,38-,39-,40+,41-,42+,43-,44+,45+,46-,47+,48-,49-,50+,51+,52+,53+,54+,55+,56+,57+,58-,59+,60+,61+,62-,63+,64?,65-,66-,67+,68+,69+,70+,71+,74+,75+/m0/s1. The lowest BCUT2D eigenvalue weighted by molar-refractivity contribution is -0.422. The maximum atomic E-state index is 13.9. The Balaban J connectivity index is 0.959. The maximum Gasteiger partial charge on any atom is 0.367 e. The Labute approximate surface area is 777 Å². The highest BCUT2D eigenvalue weighted by molar-refractivity contribution is 5.77. The zero-order valence-electron chi connectivity index (χ0n) is 72.9. The van der Waals surface area contributed by atoms with Crippen molar-refractivity contribution in [2.24, 2.45) is 5.73 Å². The molecule has 0 bridgehead atoms. The number of carboxylic acid groups (broad SMARTS) is 2. The number of ether oxygens (including phenoxy) is 21. The minimum absolute atomic E-state index is 0.495. The minimum Gasteiger partial charge on any atom is -0.477 e. The molecule has 63 nitrogen and oxygen atoms in total. The van der Waals surface area contributed by atoms with Gasteiger partial charge >= 0.3 is 11.9 Å². The van der Waals surface area contributed by atoms with Gasteiger partial charge in [-0.25, -0.2) is 9.59 Å². The number of aliphatic hydroxyl groups excluding tert-OH is 34. The van der Waals surface area contributed by atoms with Crippen LogP contribution in [0.25, 0.3) is 0 Å². The lowest BCUT2D eigenvalue weighted by Gasteiger charge is -2.53. The Kier molecular flexibility index (Phi) is 39.8. The fourth-order valence-electron chi connectivity index (χ4n) is 17.5. The summed E-state index contributed by atoms with van der Waals surface area (Å²) in [4.78, 5) is 39.8. The van der Waals surface area contributed by atoms with E-state index in [0.29, 0.717) is 0 Å². The molecule has 11 fully saturated rings. The molecule has 59 atom stereocenters. The molecular formula is C75H126N2O61. The molecule has 0 aliphatic carbocycles. The Hall–Kier alpha value is -3.87. The first kappa shape index (κ1) is 114. The summed E-state index contributed by atoms with van der Waals surface area (Å²) in [5.74, 6) is -14.0. The van der Waals surface area contributed by atoms with E-state index in [9.17, 15) is 203 Å². The van der Waals surface area contributed by atoms with E-state index in [4.69, 9.17) is 105 Å². The van der Waals surface area contributed by atoms with Crippen molar-refractivity contribution in [2.45, 2.75) is 388 Å². The molecule has 0 radical (unpaired) electrons. The van der Waals surface area contributed by atoms with Crippen LogP contribution in [0.2, 0.25) is 0 Å². The predicted octanol–water partition coefficient (Wildman–Crippen LogP) is -26.1. The first-order valence-corrected chi connectivity index (χ1v) is 43.5. The molecule has 0 saturated carbocycles. The smallest absolute Gasteiger partial charge is 0.367 e. The van der Waals surface area contributed by atoms with E-state index >= 15 is 0 Å². The van der Waals surface area contributed by atoms with Crippen molar-refractivity contribution in [1.82, 2.24) is 5.32 Å². The summed E-state index contributed by atoms with van der Waals surface area (Å²) in [5, 5.41) is 420. The number of hydrogen-bond donors (Lipinski definition) is 39. The molecule has 11 heterocycles. The second-order valence-corrected chi connectivity index (χ2v) is 35.2. The van der Waals surface area contributed by atoms with Crippen LogP contribution in [-0.2, 0) is 114 Å². The quantitative estimate of drug-likeness (QED) is 0.0275. The van der Waals surface area contributed by atoms with E-state index in [1.807, 2.05) is 0 Å². The molecule has 11 rings (SSSR count). The Morgan fingerprint density at radius 2 is 0.746 bits per heavy atom. The van der Waals surface area contributed by atoms with Gasteiger partial charge in [-0.05, 0) is 13.8 Å². The SMILES string of the molecule is CC(=O)N[C@H]1[C@H](OC[C@H](O)[C@H]2O[C@H](O[C@H]3[C@@H](O[C@@H]4[C@H](O)[C@@H](O[C@@H]5[C@H](O)[C@@H](O[C@H]6[C@@H]([C@H](O)CO)O[C@@](O)(C(=O)O)C[C@H]6O[C@@]6(C(=O)O)O[C@H]([C@H](O)COC7OC[C@H](N)[C@H](O)[C@H]7O)[C@H](O)[C@H](O)[C@@H]6O)O[C@H]([C@@H](O)CO)[C@H]5O[C@H]5O[C@H](CO)[C@@H](O)[C@H](O)[C@H]5O)O[C@H]([C@@H](O)CO[C@H]5O[C@H]([C@@H](O)CO)[C@@H](O)[C@H](O)[C@@H]5O)[C@H]4O)O[C@H](CO)[C@@H](O)[C@@H]3O)[C@@H](O)[C@@H](O)[C@@H]2O)O[C@H](C)[C@@H](O)[C@@H]1O[C@@H]1O[C@@H](C)[C@H](O)[C@@H](O)[C@H]1O. The number of nitrogens with one attached hydrogen (secondary N) is 1. The Bertz CT molecular complexity index is 3800. The summed E-state index contributed by atoms with van der Waals surface area (Å²) in [7, 11) is 0. The fourth-order valence-corrected chi connectivity index (χ4v) is 17.5. The van der Waals surface area contributed by atoms with Gasteiger partial charge in [0.15, 0.2) is 56.6 Å². The molecule has 1 amide bonds. The van der Waals surface area contributed by atoms with Gasteiger partial charge in [-0.2, -0.15) is 0 Å². The van der Waals surface area contributed by atoms with Crippen LogP contribution in [0.1, 0.15) is 27.2 Å². The second-order valence-electron chi connectivity index (χ2n) is 35.2. The lowest BCUT2D eigenvalue weighted by Crippen LogP contribution is -2.73. The van der Waals surface area contributed by atoms with E-state index in [-0.39, 0.29) is 0 Å². The van der Waals surface area contributed by atoms with Gasteiger partial charge in [0.1, 0.15) is 269 Å². The van der Waals surface area contributed by atoms with E-state index in [1.165, 1.54) is 13.8 Å². The van der Waals surface area contributed by atoms with Crippen molar-refractivity contribution < 1.29 is 303 Å². The van der Waals surface area contributed by atoms with Crippen LogP contribution in [-0.4, -0.2) is 627 Å². The summed E-state index contributed by atoms with van der Waals surface area (Å²) < 4.78 is 121. The van der Waals surface area contributed by atoms with Crippen molar-refractivity contribution in [3.05, 3.63) is 0 Å². The molecular weight excluding hydrogens is 1900 g/mol. The van der Waals surface area contributed by atoms with Crippen LogP contribution in [0.4, 0.5) is 0 Å². The number of rotatable bonds is 37. The lowest BCUT2D eigenvalue weighted by atomic mass is 9.88. The summed E-state index contributed by atoms with van der Waals surface area (Å²) in [6.07, 6.45) is -134. The van der Waals surface area contributed by atoms with E-state index in [1.54, 1.807) is 0 Å². The monoisotopic (exact) mass is 2030 g/mol. The van der Waals surface area contributed by atoms with E-state index in [2.05, 4.69) is 5.32 Å². The van der Waals surface area contributed by atoms with E-state index in [0.717, 1.165) is 6.92 Å². The highest BCUT2D eigenvalue weighted by Crippen LogP contribution is 2.46. The molecule has 1 unspecified atom stereocenters. The molecule has 0 aromatic rings. The average Bonchev–Trinajstić information content (AvgIpc) is 0.734. The van der Waals surface area contributed by atoms with Crippen molar-refractivity contribution in [2.75, 3.05) is 59.5 Å². The number of carboxylic acids is 2. The van der Waals surface area contributed by atoms with Crippen LogP contribution in [0, 0.1) is 0 Å². The third-order valence-corrected chi connectivity index (χ3v) is 25.6. The number of hydrogen-bond acceptors (Lipinski definition) is 60. The zero-order valence-corrected chi connectivity index (χ0v) is 72.9. The van der Waals surface area contributed by atoms with Crippen LogP contribution in [0.15, 0.2) is 0 Å². The van der Waals surface area contributed by atoms with Crippen molar-refractivity contribution in [1.29, 1.82) is 0 Å². The summed E-state index contributed by atoms with van der Waals surface area (Å²) in [6, 6.07) is -2.86. The van der Waals surface area contributed by atoms with Gasteiger partial charge in [-0.1, -0.05) is 0 Å². The normalized spacial score (nSPS) is 50.2. The van der Waals surface area contributed by atoms with Gasteiger partial charge in [0, 0.05) is 13.3 Å². The summed E-state index contributed by atoms with van der Waals surface area (Å²) >= 11 is 0. The van der Waals surface area contributed by atoms with Crippen molar-refractivity contribution >= 4 is 17.8 Å². The zero-order chi connectivity index (χ0) is 102.